The van der Waals surface area contributed by atoms with E-state index < -0.39 is 0 Å². The number of likely N-dealkylation sites (N-methyl/N-ethyl adjacent to an activating group) is 1. The van der Waals surface area contributed by atoms with E-state index >= 15 is 0 Å². The molecule has 8 heteroatoms. The van der Waals surface area contributed by atoms with Gasteiger partial charge in [0.1, 0.15) is 5.76 Å². The number of hydrogen-bond donors (Lipinski definition) is 3. The Hall–Kier alpha value is -2.19. The van der Waals surface area contributed by atoms with Gasteiger partial charge in [0.2, 0.25) is 0 Å². The van der Waals surface area contributed by atoms with E-state index in [1.807, 2.05) is 18.2 Å². The van der Waals surface area contributed by atoms with Gasteiger partial charge in [-0.2, -0.15) is 0 Å². The summed E-state index contributed by atoms with van der Waals surface area (Å²) in [5.74, 6) is 0.593. The van der Waals surface area contributed by atoms with Crippen molar-refractivity contribution in [3.05, 3.63) is 40.6 Å². The number of aromatic nitrogens is 1. The summed E-state index contributed by atoms with van der Waals surface area (Å²) in [6.07, 6.45) is 0. The Morgan fingerprint density at radius 2 is 1.87 bits per heavy atom. The van der Waals surface area contributed by atoms with E-state index in [2.05, 4.69) is 31.7 Å². The summed E-state index contributed by atoms with van der Waals surface area (Å²) >= 11 is 3.37. The molecule has 1 aromatic heterocycles. The van der Waals surface area contributed by atoms with Gasteiger partial charge in [0.15, 0.2) is 18.9 Å². The molecule has 0 spiro atoms. The molecule has 3 N–H and O–H groups in total. The molecule has 23 heavy (non-hydrogen) atoms. The van der Waals surface area contributed by atoms with Crippen molar-refractivity contribution >= 4 is 39.2 Å². The summed E-state index contributed by atoms with van der Waals surface area (Å²) in [6.45, 7) is 2.06. The van der Waals surface area contributed by atoms with E-state index in [1.54, 1.807) is 26.1 Å². The number of para-hydroxylation sites is 1. The second kappa shape index (κ2) is 7.89. The van der Waals surface area contributed by atoms with Gasteiger partial charge in [0.25, 0.3) is 11.8 Å². The maximum atomic E-state index is 12.0. The minimum Gasteiger partial charge on any atom is -0.360 e. The van der Waals surface area contributed by atoms with Gasteiger partial charge in [0.05, 0.1) is 12.7 Å². The van der Waals surface area contributed by atoms with Crippen molar-refractivity contribution in [2.45, 2.75) is 6.92 Å². The third-order valence-electron chi connectivity index (χ3n) is 2.97. The molecule has 0 fully saturated rings. The zero-order valence-corrected chi connectivity index (χ0v) is 14.4. The molecule has 2 rings (SSSR count). The first-order chi connectivity index (χ1) is 10.9. The maximum Gasteiger partial charge on any atom is 0.280 e. The molecule has 1 aromatic carbocycles. The third-order valence-corrected chi connectivity index (χ3v) is 3.66. The highest BCUT2D eigenvalue weighted by atomic mass is 79.9. The summed E-state index contributed by atoms with van der Waals surface area (Å²) in [5, 5.41) is 9.11. The molecule has 1 atom stereocenters. The van der Waals surface area contributed by atoms with Crippen LogP contribution in [-0.2, 0) is 9.59 Å². The summed E-state index contributed by atoms with van der Waals surface area (Å²) in [7, 11) is 1.77. The average molecular weight is 382 g/mol. The van der Waals surface area contributed by atoms with Crippen LogP contribution in [0.15, 0.2) is 39.3 Å². The van der Waals surface area contributed by atoms with Gasteiger partial charge in [-0.25, -0.2) is 0 Å². The van der Waals surface area contributed by atoms with Crippen LogP contribution >= 0.6 is 15.9 Å². The van der Waals surface area contributed by atoms with Crippen molar-refractivity contribution in [3.63, 3.8) is 0 Å². The molecule has 122 valence electrons. The Balaban J connectivity index is 1.79. The molecule has 0 radical (unpaired) electrons. The standard InChI is InChI=1S/C15H17BrN4O3/c1-10-7-13(19-23-10)18-15(22)9-20(2)8-14(21)17-12-6-4-3-5-11(12)16/h3-7H,8-9H2,1-2H3,(H,17,21)(H,18,19,22)/p+1. The molecule has 0 aliphatic rings. The number of rotatable bonds is 6. The van der Waals surface area contributed by atoms with Gasteiger partial charge in [-0.1, -0.05) is 17.3 Å². The number of benzene rings is 1. The quantitative estimate of drug-likeness (QED) is 0.691. The van der Waals surface area contributed by atoms with Gasteiger partial charge < -0.3 is 20.1 Å². The maximum absolute atomic E-state index is 12.0. The van der Waals surface area contributed by atoms with Gasteiger partial charge in [-0.05, 0) is 35.0 Å². The first-order valence-electron chi connectivity index (χ1n) is 7.03. The fourth-order valence-electron chi connectivity index (χ4n) is 1.98. The van der Waals surface area contributed by atoms with Gasteiger partial charge in [0, 0.05) is 10.5 Å². The molecular formula is C15H18BrN4O3+. The van der Waals surface area contributed by atoms with Crippen LogP contribution in [0.3, 0.4) is 0 Å². The Labute approximate surface area is 142 Å². The molecular weight excluding hydrogens is 364 g/mol. The van der Waals surface area contributed by atoms with E-state index in [4.69, 9.17) is 4.52 Å². The van der Waals surface area contributed by atoms with Gasteiger partial charge >= 0.3 is 0 Å². The van der Waals surface area contributed by atoms with E-state index in [-0.39, 0.29) is 24.9 Å². The van der Waals surface area contributed by atoms with Crippen molar-refractivity contribution in [2.75, 3.05) is 30.8 Å². The number of anilines is 2. The Kier molecular flexibility index (Phi) is 5.89. The normalized spacial score (nSPS) is 11.8. The molecule has 0 saturated heterocycles. The van der Waals surface area contributed by atoms with Gasteiger partial charge in [-0.3, -0.25) is 9.59 Å². The zero-order valence-electron chi connectivity index (χ0n) is 12.9. The largest absolute Gasteiger partial charge is 0.360 e. The number of nitrogens with one attached hydrogen (secondary N) is 3. The number of carbonyl (C=O) groups is 2. The first-order valence-corrected chi connectivity index (χ1v) is 7.82. The van der Waals surface area contributed by atoms with E-state index in [1.165, 1.54) is 0 Å². The number of hydrogen-bond acceptors (Lipinski definition) is 4. The first kappa shape index (κ1) is 17.2. The molecule has 0 bridgehead atoms. The Morgan fingerprint density at radius 3 is 2.48 bits per heavy atom. The average Bonchev–Trinajstić information content (AvgIpc) is 2.86. The minimum atomic E-state index is -0.232. The summed E-state index contributed by atoms with van der Waals surface area (Å²) in [5.41, 5.74) is 0.702. The second-order valence-electron chi connectivity index (χ2n) is 5.21. The summed E-state index contributed by atoms with van der Waals surface area (Å²) in [4.78, 5) is 24.6. The molecule has 2 aromatic rings. The van der Waals surface area contributed by atoms with Crippen molar-refractivity contribution in [1.82, 2.24) is 5.16 Å². The lowest BCUT2D eigenvalue weighted by Crippen LogP contribution is -3.11. The summed E-state index contributed by atoms with van der Waals surface area (Å²) < 4.78 is 5.68. The number of quaternary nitrogens is 1. The van der Waals surface area contributed by atoms with Crippen molar-refractivity contribution in [3.8, 4) is 0 Å². The molecule has 2 amide bonds. The smallest absolute Gasteiger partial charge is 0.280 e. The molecule has 0 aliphatic carbocycles. The van der Waals surface area contributed by atoms with Gasteiger partial charge in [-0.15, -0.1) is 0 Å². The lowest BCUT2D eigenvalue weighted by Gasteiger charge is -2.13. The fraction of sp³-hybridized carbons (Fsp3) is 0.267. The highest BCUT2D eigenvalue weighted by molar-refractivity contribution is 9.10. The SMILES string of the molecule is Cc1cc(NC(=O)C[NH+](C)CC(=O)Nc2ccccc2Br)no1. The van der Waals surface area contributed by atoms with Crippen LogP contribution < -0.4 is 15.5 Å². The molecule has 0 saturated carbocycles. The third kappa shape index (κ3) is 5.50. The number of carbonyl (C=O) groups excluding carboxylic acids is 2. The Bertz CT molecular complexity index is 702. The van der Waals surface area contributed by atoms with E-state index in [0.717, 1.165) is 9.37 Å². The van der Waals surface area contributed by atoms with Crippen molar-refractivity contribution in [2.24, 2.45) is 0 Å². The van der Waals surface area contributed by atoms with Crippen LogP contribution in [0.25, 0.3) is 0 Å². The van der Waals surface area contributed by atoms with Crippen LogP contribution in [-0.4, -0.2) is 37.1 Å². The highest BCUT2D eigenvalue weighted by Crippen LogP contribution is 2.20. The van der Waals surface area contributed by atoms with E-state index in [0.29, 0.717) is 17.3 Å². The van der Waals surface area contributed by atoms with Crippen LogP contribution in [0.1, 0.15) is 5.76 Å². The van der Waals surface area contributed by atoms with E-state index in [9.17, 15) is 9.59 Å². The topological polar surface area (TPSA) is 88.7 Å². The molecule has 1 unspecified atom stereocenters. The monoisotopic (exact) mass is 381 g/mol. The van der Waals surface area contributed by atoms with Crippen LogP contribution in [0.2, 0.25) is 0 Å². The lowest BCUT2D eigenvalue weighted by molar-refractivity contribution is -0.862. The number of aryl methyl sites for hydroxylation is 1. The number of amides is 2. The number of nitrogens with zero attached hydrogens (tertiary/aromatic N) is 1. The fourth-order valence-corrected chi connectivity index (χ4v) is 2.36. The molecule has 1 heterocycles. The van der Waals surface area contributed by atoms with Crippen molar-refractivity contribution in [1.29, 1.82) is 0 Å². The highest BCUT2D eigenvalue weighted by Gasteiger charge is 2.16. The predicted octanol–water partition coefficient (Wildman–Crippen LogP) is 0.837. The molecule has 7 nitrogen and oxygen atoms in total. The second-order valence-corrected chi connectivity index (χ2v) is 6.06. The van der Waals surface area contributed by atoms with Crippen LogP contribution in [0.5, 0.6) is 0 Å². The zero-order chi connectivity index (χ0) is 16.8. The van der Waals surface area contributed by atoms with Crippen LogP contribution in [0.4, 0.5) is 11.5 Å². The Morgan fingerprint density at radius 1 is 1.22 bits per heavy atom. The van der Waals surface area contributed by atoms with Crippen LogP contribution in [0, 0.1) is 6.92 Å². The lowest BCUT2D eigenvalue weighted by atomic mass is 10.3. The molecule has 0 aliphatic heterocycles. The summed E-state index contributed by atoms with van der Waals surface area (Å²) in [6, 6.07) is 8.99. The minimum absolute atomic E-state index is 0.148. The predicted molar refractivity (Wildman–Crippen MR) is 89.3 cm³/mol. The van der Waals surface area contributed by atoms with Crippen molar-refractivity contribution < 1.29 is 19.0 Å². The number of halogens is 1.